The highest BCUT2D eigenvalue weighted by Crippen LogP contribution is 2.32. The minimum atomic E-state index is -4.41. The van der Waals surface area contributed by atoms with E-state index in [-0.39, 0.29) is 12.1 Å². The van der Waals surface area contributed by atoms with Crippen LogP contribution >= 0.6 is 0 Å². The van der Waals surface area contributed by atoms with Gasteiger partial charge in [0.1, 0.15) is 17.2 Å². The average Bonchev–Trinajstić information content (AvgIpc) is 2.43. The van der Waals surface area contributed by atoms with E-state index in [0.717, 1.165) is 0 Å². The third-order valence-electron chi connectivity index (χ3n) is 2.71. The van der Waals surface area contributed by atoms with Crippen LogP contribution in [0, 0.1) is 39.4 Å². The van der Waals surface area contributed by atoms with Crippen LogP contribution in [0.15, 0.2) is 18.3 Å². The van der Waals surface area contributed by atoms with Gasteiger partial charge in [-0.3, -0.25) is 0 Å². The molecule has 0 radical (unpaired) electrons. The number of nitrogens with zero attached hydrogens (tertiary/aromatic N) is 4. The summed E-state index contributed by atoms with van der Waals surface area (Å²) < 4.78 is 36.7. The van der Waals surface area contributed by atoms with E-state index in [4.69, 9.17) is 15.8 Å². The fourth-order valence-electron chi connectivity index (χ4n) is 1.60. The predicted molar refractivity (Wildman–Crippen MR) is 61.6 cm³/mol. The number of alkyl halides is 3. The summed E-state index contributed by atoms with van der Waals surface area (Å²) in [6.07, 6.45) is -5.08. The Morgan fingerprint density at radius 2 is 1.70 bits per heavy atom. The van der Waals surface area contributed by atoms with E-state index in [9.17, 15) is 13.2 Å². The lowest BCUT2D eigenvalue weighted by Crippen LogP contribution is -2.23. The van der Waals surface area contributed by atoms with Gasteiger partial charge in [0.05, 0.1) is 12.1 Å². The summed E-state index contributed by atoms with van der Waals surface area (Å²) in [7, 11) is 0. The highest BCUT2D eigenvalue weighted by atomic mass is 19.4. The van der Waals surface area contributed by atoms with Gasteiger partial charge in [-0.1, -0.05) is 6.07 Å². The molecule has 0 fully saturated rings. The van der Waals surface area contributed by atoms with Crippen molar-refractivity contribution in [2.45, 2.75) is 25.4 Å². The summed E-state index contributed by atoms with van der Waals surface area (Å²) in [4.78, 5) is 3.76. The van der Waals surface area contributed by atoms with E-state index in [1.54, 1.807) is 18.2 Å². The van der Waals surface area contributed by atoms with Crippen molar-refractivity contribution >= 4 is 0 Å². The molecule has 0 aliphatic rings. The van der Waals surface area contributed by atoms with Gasteiger partial charge in [0.15, 0.2) is 0 Å². The van der Waals surface area contributed by atoms with Crippen LogP contribution in [-0.2, 0) is 6.42 Å². The standard InChI is InChI=1S/C13H9F3N4/c14-13(15,16)4-3-12(8-18,9-19)5-10-1-2-11(6-17)20-7-10/h1-2,7H,3-5H2. The van der Waals surface area contributed by atoms with Crippen molar-refractivity contribution < 1.29 is 13.2 Å². The molecule has 0 spiro atoms. The van der Waals surface area contributed by atoms with Crippen LogP contribution in [0.1, 0.15) is 24.1 Å². The maximum atomic E-state index is 12.2. The lowest BCUT2D eigenvalue weighted by atomic mass is 9.80. The van der Waals surface area contributed by atoms with Crippen LogP contribution in [-0.4, -0.2) is 11.2 Å². The largest absolute Gasteiger partial charge is 0.389 e. The van der Waals surface area contributed by atoms with E-state index in [2.05, 4.69) is 4.98 Å². The third kappa shape index (κ3) is 4.26. The van der Waals surface area contributed by atoms with Crippen LogP contribution in [0.25, 0.3) is 0 Å². The van der Waals surface area contributed by atoms with Gasteiger partial charge in [-0.05, 0) is 18.1 Å². The normalized spacial score (nSPS) is 11.2. The molecule has 0 saturated carbocycles. The summed E-state index contributed by atoms with van der Waals surface area (Å²) in [5.74, 6) is 0. The lowest BCUT2D eigenvalue weighted by Gasteiger charge is -2.19. The van der Waals surface area contributed by atoms with E-state index >= 15 is 0 Å². The number of rotatable bonds is 4. The first-order valence-corrected chi connectivity index (χ1v) is 5.58. The molecular weight excluding hydrogens is 269 g/mol. The van der Waals surface area contributed by atoms with E-state index in [1.165, 1.54) is 18.3 Å². The third-order valence-corrected chi connectivity index (χ3v) is 2.71. The van der Waals surface area contributed by atoms with E-state index in [1.807, 2.05) is 0 Å². The second-order valence-electron chi connectivity index (χ2n) is 4.26. The molecule has 0 amide bonds. The number of nitriles is 3. The highest BCUT2D eigenvalue weighted by molar-refractivity contribution is 5.27. The summed E-state index contributed by atoms with van der Waals surface area (Å²) in [6, 6.07) is 7.98. The van der Waals surface area contributed by atoms with Crippen LogP contribution in [0.2, 0.25) is 0 Å². The molecule has 0 saturated heterocycles. The summed E-state index contributed by atoms with van der Waals surface area (Å²) in [5, 5.41) is 26.6. The second kappa shape index (κ2) is 6.04. The molecule has 0 bridgehead atoms. The fraction of sp³-hybridized carbons (Fsp3) is 0.385. The molecule has 102 valence electrons. The summed E-state index contributed by atoms with van der Waals surface area (Å²) in [6.45, 7) is 0. The van der Waals surface area contributed by atoms with Crippen LogP contribution in [0.3, 0.4) is 0 Å². The average molecular weight is 278 g/mol. The van der Waals surface area contributed by atoms with Gasteiger partial charge < -0.3 is 0 Å². The van der Waals surface area contributed by atoms with Gasteiger partial charge >= 0.3 is 6.18 Å². The van der Waals surface area contributed by atoms with Crippen LogP contribution < -0.4 is 0 Å². The molecule has 0 N–H and O–H groups in total. The van der Waals surface area contributed by atoms with Gasteiger partial charge in [-0.25, -0.2) is 4.98 Å². The molecule has 20 heavy (non-hydrogen) atoms. The second-order valence-corrected chi connectivity index (χ2v) is 4.26. The molecule has 1 aromatic heterocycles. The summed E-state index contributed by atoms with van der Waals surface area (Å²) in [5.41, 5.74) is -1.15. The molecule has 0 aliphatic heterocycles. The quantitative estimate of drug-likeness (QED) is 0.847. The van der Waals surface area contributed by atoms with Gasteiger partial charge in [0.2, 0.25) is 0 Å². The molecule has 7 heteroatoms. The zero-order chi connectivity index (χ0) is 15.2. The van der Waals surface area contributed by atoms with Crippen molar-refractivity contribution in [2.75, 3.05) is 0 Å². The number of halogens is 3. The maximum absolute atomic E-state index is 12.2. The molecule has 0 aliphatic carbocycles. The van der Waals surface area contributed by atoms with Gasteiger partial charge in [-0.2, -0.15) is 29.0 Å². The maximum Gasteiger partial charge on any atom is 0.389 e. The fourth-order valence-corrected chi connectivity index (χ4v) is 1.60. The van der Waals surface area contributed by atoms with Crippen molar-refractivity contribution in [1.29, 1.82) is 15.8 Å². The Hall–Kier alpha value is -2.59. The Labute approximate surface area is 113 Å². The van der Waals surface area contributed by atoms with Gasteiger partial charge in [0, 0.05) is 19.0 Å². The molecule has 1 aromatic rings. The smallest absolute Gasteiger partial charge is 0.245 e. The number of hydrogen-bond acceptors (Lipinski definition) is 4. The lowest BCUT2D eigenvalue weighted by molar-refractivity contribution is -0.138. The first-order valence-electron chi connectivity index (χ1n) is 5.58. The SMILES string of the molecule is N#Cc1ccc(CC(C#N)(C#N)CCC(F)(F)F)cn1. The first-order chi connectivity index (χ1) is 9.34. The summed E-state index contributed by atoms with van der Waals surface area (Å²) >= 11 is 0. The van der Waals surface area contributed by atoms with Gasteiger partial charge in [0.25, 0.3) is 0 Å². The minimum absolute atomic E-state index is 0.156. The predicted octanol–water partition coefficient (Wildman–Crippen LogP) is 2.87. The van der Waals surface area contributed by atoms with Crippen LogP contribution in [0.4, 0.5) is 13.2 Å². The molecular formula is C13H9F3N4. The Morgan fingerprint density at radius 3 is 2.10 bits per heavy atom. The zero-order valence-corrected chi connectivity index (χ0v) is 10.3. The van der Waals surface area contributed by atoms with E-state index < -0.39 is 24.4 Å². The van der Waals surface area contributed by atoms with Gasteiger partial charge in [-0.15, -0.1) is 0 Å². The minimum Gasteiger partial charge on any atom is -0.245 e. The molecule has 0 unspecified atom stereocenters. The molecule has 0 aromatic carbocycles. The van der Waals surface area contributed by atoms with Crippen molar-refractivity contribution in [1.82, 2.24) is 4.98 Å². The Morgan fingerprint density at radius 1 is 1.05 bits per heavy atom. The topological polar surface area (TPSA) is 84.3 Å². The first kappa shape index (κ1) is 15.5. The highest BCUT2D eigenvalue weighted by Gasteiger charge is 2.37. The Balaban J connectivity index is 2.89. The van der Waals surface area contributed by atoms with E-state index in [0.29, 0.717) is 5.56 Å². The molecule has 1 rings (SSSR count). The molecule has 0 atom stereocenters. The number of pyridine rings is 1. The molecule has 1 heterocycles. The zero-order valence-electron chi connectivity index (χ0n) is 10.3. The van der Waals surface area contributed by atoms with Crippen molar-refractivity contribution in [3.63, 3.8) is 0 Å². The molecule has 4 nitrogen and oxygen atoms in total. The Bertz CT molecular complexity index is 571. The van der Waals surface area contributed by atoms with Crippen molar-refractivity contribution in [2.24, 2.45) is 5.41 Å². The Kier molecular flexibility index (Phi) is 4.67. The van der Waals surface area contributed by atoms with Crippen molar-refractivity contribution in [3.8, 4) is 18.2 Å². The monoisotopic (exact) mass is 278 g/mol. The number of aromatic nitrogens is 1. The van der Waals surface area contributed by atoms with Crippen molar-refractivity contribution in [3.05, 3.63) is 29.6 Å². The number of hydrogen-bond donors (Lipinski definition) is 0. The van der Waals surface area contributed by atoms with Crippen LogP contribution in [0.5, 0.6) is 0 Å².